The molecule has 0 saturated heterocycles. The molecule has 1 amide bonds. The molecule has 0 aliphatic carbocycles. The maximum Gasteiger partial charge on any atom is 0.282 e. The summed E-state index contributed by atoms with van der Waals surface area (Å²) in [6.07, 6.45) is 1.75. The molecule has 0 bridgehead atoms. The van der Waals surface area contributed by atoms with Crippen LogP contribution in [-0.4, -0.2) is 27.6 Å². The van der Waals surface area contributed by atoms with E-state index in [1.165, 1.54) is 0 Å². The molecule has 90 valence electrons. The van der Waals surface area contributed by atoms with Crippen molar-refractivity contribution >= 4 is 33.7 Å². The summed E-state index contributed by atoms with van der Waals surface area (Å²) in [5.41, 5.74) is 5.41. The van der Waals surface area contributed by atoms with Crippen molar-refractivity contribution in [2.24, 2.45) is 0 Å². The molecule has 0 saturated carbocycles. The molecule has 8 heteroatoms. The minimum absolute atomic E-state index is 0.184. The zero-order valence-electron chi connectivity index (χ0n) is 9.08. The van der Waals surface area contributed by atoms with Gasteiger partial charge in [-0.3, -0.25) is 4.79 Å². The molecule has 2 aromatic heterocycles. The van der Waals surface area contributed by atoms with Crippen LogP contribution in [0.4, 0.5) is 5.13 Å². The first-order valence-corrected chi connectivity index (χ1v) is 6.63. The SMILES string of the molecule is CC(CNC(=O)c1nnc(N)s1)c1nccs1. The smallest absolute Gasteiger partial charge is 0.282 e. The van der Waals surface area contributed by atoms with Crippen LogP contribution in [-0.2, 0) is 0 Å². The molecule has 6 nitrogen and oxygen atoms in total. The molecule has 0 spiro atoms. The fourth-order valence-corrected chi connectivity index (χ4v) is 2.44. The van der Waals surface area contributed by atoms with E-state index in [0.29, 0.717) is 11.7 Å². The van der Waals surface area contributed by atoms with E-state index in [0.717, 1.165) is 16.3 Å². The molecule has 0 aliphatic rings. The highest BCUT2D eigenvalue weighted by Gasteiger charge is 2.14. The van der Waals surface area contributed by atoms with Gasteiger partial charge in [0.25, 0.3) is 5.91 Å². The zero-order valence-corrected chi connectivity index (χ0v) is 10.7. The lowest BCUT2D eigenvalue weighted by Gasteiger charge is -2.08. The van der Waals surface area contributed by atoms with Crippen molar-refractivity contribution in [1.29, 1.82) is 0 Å². The average Bonchev–Trinajstić information content (AvgIpc) is 2.95. The van der Waals surface area contributed by atoms with Crippen molar-refractivity contribution < 1.29 is 4.79 Å². The van der Waals surface area contributed by atoms with E-state index in [-0.39, 0.29) is 16.8 Å². The summed E-state index contributed by atoms with van der Waals surface area (Å²) in [6.45, 7) is 2.53. The standard InChI is InChI=1S/C9H11N5OS2/c1-5(7-11-2-3-16-7)4-12-6(15)8-13-14-9(10)17-8/h2-3,5H,4H2,1H3,(H2,10,14)(H,12,15). The van der Waals surface area contributed by atoms with Crippen LogP contribution < -0.4 is 11.1 Å². The molecule has 17 heavy (non-hydrogen) atoms. The average molecular weight is 269 g/mol. The molecule has 1 unspecified atom stereocenters. The Balaban J connectivity index is 1.88. The van der Waals surface area contributed by atoms with Crippen LogP contribution in [0, 0.1) is 0 Å². The molecule has 0 aromatic carbocycles. The van der Waals surface area contributed by atoms with Gasteiger partial charge >= 0.3 is 0 Å². The van der Waals surface area contributed by atoms with Crippen LogP contribution in [0.25, 0.3) is 0 Å². The molecular weight excluding hydrogens is 258 g/mol. The molecule has 3 N–H and O–H groups in total. The van der Waals surface area contributed by atoms with E-state index in [4.69, 9.17) is 5.73 Å². The molecule has 1 atom stereocenters. The second-order valence-corrected chi connectivity index (χ2v) is 5.36. The third kappa shape index (κ3) is 2.98. The number of hydrogen-bond acceptors (Lipinski definition) is 7. The number of nitrogens with one attached hydrogen (secondary N) is 1. The number of thiazole rings is 1. The lowest BCUT2D eigenvalue weighted by atomic mass is 10.2. The van der Waals surface area contributed by atoms with Crippen LogP contribution in [0.2, 0.25) is 0 Å². The van der Waals surface area contributed by atoms with Crippen molar-refractivity contribution in [2.45, 2.75) is 12.8 Å². The maximum absolute atomic E-state index is 11.7. The predicted octanol–water partition coefficient (Wildman–Crippen LogP) is 1.11. The highest BCUT2D eigenvalue weighted by molar-refractivity contribution is 7.16. The number of nitrogen functional groups attached to an aromatic ring is 1. The molecule has 2 aromatic rings. The largest absolute Gasteiger partial charge is 0.374 e. The maximum atomic E-state index is 11.7. The van der Waals surface area contributed by atoms with Crippen LogP contribution in [0.5, 0.6) is 0 Å². The lowest BCUT2D eigenvalue weighted by molar-refractivity contribution is 0.0950. The molecule has 0 fully saturated rings. The number of nitrogens with zero attached hydrogens (tertiary/aromatic N) is 3. The number of aromatic nitrogens is 3. The van der Waals surface area contributed by atoms with E-state index >= 15 is 0 Å². The normalized spacial score (nSPS) is 12.3. The van der Waals surface area contributed by atoms with Crippen LogP contribution >= 0.6 is 22.7 Å². The number of hydrogen-bond donors (Lipinski definition) is 2. The third-order valence-electron chi connectivity index (χ3n) is 2.08. The highest BCUT2D eigenvalue weighted by atomic mass is 32.1. The summed E-state index contributed by atoms with van der Waals surface area (Å²) in [5.74, 6) is -0.0631. The summed E-state index contributed by atoms with van der Waals surface area (Å²) in [4.78, 5) is 15.8. The second kappa shape index (κ2) is 5.19. The first-order chi connectivity index (χ1) is 8.16. The Morgan fingerprint density at radius 2 is 2.41 bits per heavy atom. The first-order valence-electron chi connectivity index (χ1n) is 4.93. The first kappa shape index (κ1) is 11.9. The molecule has 0 aliphatic heterocycles. The van der Waals surface area contributed by atoms with Crippen LogP contribution in [0.15, 0.2) is 11.6 Å². The molecular formula is C9H11N5OS2. The van der Waals surface area contributed by atoms with E-state index in [9.17, 15) is 4.79 Å². The Morgan fingerprint density at radius 1 is 1.59 bits per heavy atom. The number of anilines is 1. The Morgan fingerprint density at radius 3 is 3.00 bits per heavy atom. The van der Waals surface area contributed by atoms with Gasteiger partial charge in [-0.25, -0.2) is 4.98 Å². The molecule has 0 radical (unpaired) electrons. The fraction of sp³-hybridized carbons (Fsp3) is 0.333. The minimum Gasteiger partial charge on any atom is -0.374 e. The summed E-state index contributed by atoms with van der Waals surface area (Å²) in [6, 6.07) is 0. The topological polar surface area (TPSA) is 93.8 Å². The number of carbonyl (C=O) groups excluding carboxylic acids is 1. The van der Waals surface area contributed by atoms with E-state index in [2.05, 4.69) is 20.5 Å². The highest BCUT2D eigenvalue weighted by Crippen LogP contribution is 2.17. The van der Waals surface area contributed by atoms with Crippen molar-refractivity contribution in [1.82, 2.24) is 20.5 Å². The third-order valence-corrected chi connectivity index (χ3v) is 3.83. The Hall–Kier alpha value is -1.54. The van der Waals surface area contributed by atoms with Gasteiger partial charge in [-0.15, -0.1) is 21.5 Å². The van der Waals surface area contributed by atoms with E-state index in [1.807, 2.05) is 12.3 Å². The van der Waals surface area contributed by atoms with Crippen molar-refractivity contribution in [2.75, 3.05) is 12.3 Å². The monoisotopic (exact) mass is 269 g/mol. The van der Waals surface area contributed by atoms with Gasteiger partial charge in [0, 0.05) is 24.0 Å². The quantitative estimate of drug-likeness (QED) is 0.867. The van der Waals surface area contributed by atoms with Crippen molar-refractivity contribution in [3.8, 4) is 0 Å². The molecule has 2 rings (SSSR count). The minimum atomic E-state index is -0.248. The second-order valence-electron chi connectivity index (χ2n) is 3.43. The predicted molar refractivity (Wildman–Crippen MR) is 67.2 cm³/mol. The molecule has 2 heterocycles. The Kier molecular flexibility index (Phi) is 3.64. The number of amides is 1. The van der Waals surface area contributed by atoms with E-state index < -0.39 is 0 Å². The van der Waals surface area contributed by atoms with Crippen molar-refractivity contribution in [3.63, 3.8) is 0 Å². The van der Waals surface area contributed by atoms with E-state index in [1.54, 1.807) is 17.5 Å². The van der Waals surface area contributed by atoms with Crippen LogP contribution in [0.3, 0.4) is 0 Å². The van der Waals surface area contributed by atoms with Gasteiger partial charge in [0.2, 0.25) is 10.1 Å². The van der Waals surface area contributed by atoms with Crippen LogP contribution in [0.1, 0.15) is 27.7 Å². The zero-order chi connectivity index (χ0) is 12.3. The number of carbonyl (C=O) groups is 1. The Labute approximate surface area is 106 Å². The van der Waals surface area contributed by atoms with Gasteiger partial charge in [-0.05, 0) is 0 Å². The summed E-state index contributed by atoms with van der Waals surface area (Å²) < 4.78 is 0. The Bertz CT molecular complexity index is 495. The van der Waals surface area contributed by atoms with Gasteiger partial charge < -0.3 is 11.1 Å². The van der Waals surface area contributed by atoms with Gasteiger partial charge in [-0.2, -0.15) is 0 Å². The van der Waals surface area contributed by atoms with Gasteiger partial charge in [0.1, 0.15) is 0 Å². The van der Waals surface area contributed by atoms with Gasteiger partial charge in [0.05, 0.1) is 5.01 Å². The summed E-state index contributed by atoms with van der Waals surface area (Å²) >= 11 is 2.65. The van der Waals surface area contributed by atoms with Gasteiger partial charge in [0.15, 0.2) is 0 Å². The fourth-order valence-electron chi connectivity index (χ4n) is 1.21. The lowest BCUT2D eigenvalue weighted by Crippen LogP contribution is -2.27. The van der Waals surface area contributed by atoms with Crippen molar-refractivity contribution in [3.05, 3.63) is 21.6 Å². The van der Waals surface area contributed by atoms with Gasteiger partial charge in [-0.1, -0.05) is 18.3 Å². The number of nitrogens with two attached hydrogens (primary N) is 1. The number of rotatable bonds is 4. The summed E-state index contributed by atoms with van der Waals surface area (Å²) in [5, 5.41) is 13.5. The summed E-state index contributed by atoms with van der Waals surface area (Å²) in [7, 11) is 0.